The van der Waals surface area contributed by atoms with Crippen LogP contribution in [0.25, 0.3) is 0 Å². The Balaban J connectivity index is 1.52. The normalized spacial score (nSPS) is 16.4. The summed E-state index contributed by atoms with van der Waals surface area (Å²) >= 11 is 3.04. The minimum atomic E-state index is -0.106. The number of hydrogen-bond donors (Lipinski definition) is 1. The highest BCUT2D eigenvalue weighted by atomic mass is 32.2. The second-order valence-electron chi connectivity index (χ2n) is 6.50. The minimum Gasteiger partial charge on any atom is -0.321 e. The van der Waals surface area contributed by atoms with E-state index < -0.39 is 0 Å². The Hall–Kier alpha value is -2.57. The highest BCUT2D eigenvalue weighted by Gasteiger charge is 2.33. The molecule has 0 aliphatic carbocycles. The number of carbonyl (C=O) groups is 2. The van der Waals surface area contributed by atoms with Crippen molar-refractivity contribution in [1.29, 1.82) is 0 Å². The smallest absolute Gasteiger partial charge is 0.265 e. The van der Waals surface area contributed by atoms with E-state index in [0.29, 0.717) is 10.6 Å². The molecule has 2 amide bonds. The summed E-state index contributed by atoms with van der Waals surface area (Å²) < 4.78 is 0. The van der Waals surface area contributed by atoms with Crippen molar-refractivity contribution in [2.24, 2.45) is 0 Å². The molecule has 2 heterocycles. The lowest BCUT2D eigenvalue weighted by Crippen LogP contribution is -2.27. The number of anilines is 2. The molecule has 0 spiro atoms. The number of carbonyl (C=O) groups excluding carboxylic acids is 2. The maximum absolute atomic E-state index is 12.5. The van der Waals surface area contributed by atoms with E-state index in [2.05, 4.69) is 24.4 Å². The molecule has 1 aliphatic rings. The second-order valence-corrected chi connectivity index (χ2v) is 8.52. The molecule has 0 bridgehead atoms. The third-order valence-electron chi connectivity index (χ3n) is 4.69. The molecule has 1 aromatic heterocycles. The number of nitrogens with one attached hydrogen (secondary N) is 1. The molecule has 0 unspecified atom stereocenters. The van der Waals surface area contributed by atoms with Gasteiger partial charge >= 0.3 is 0 Å². The van der Waals surface area contributed by atoms with Crippen LogP contribution in [0.2, 0.25) is 0 Å². The number of thioether (sulfide) groups is 1. The van der Waals surface area contributed by atoms with Gasteiger partial charge in [0.1, 0.15) is 5.37 Å². The fourth-order valence-electron chi connectivity index (χ4n) is 3.17. The average Bonchev–Trinajstić information content (AvgIpc) is 3.39. The van der Waals surface area contributed by atoms with Crippen LogP contribution in [-0.4, -0.2) is 17.6 Å². The van der Waals surface area contributed by atoms with Gasteiger partial charge in [0.25, 0.3) is 5.91 Å². The Kier molecular flexibility index (Phi) is 5.50. The Morgan fingerprint density at radius 3 is 2.50 bits per heavy atom. The van der Waals surface area contributed by atoms with Gasteiger partial charge < -0.3 is 5.32 Å². The number of amides is 2. The van der Waals surface area contributed by atoms with Crippen molar-refractivity contribution >= 4 is 46.3 Å². The summed E-state index contributed by atoms with van der Waals surface area (Å²) in [6.07, 6.45) is 0.977. The molecule has 142 valence electrons. The molecule has 2 aromatic carbocycles. The fourth-order valence-corrected chi connectivity index (χ4v) is 4.97. The Morgan fingerprint density at radius 2 is 1.86 bits per heavy atom. The lowest BCUT2D eigenvalue weighted by Gasteiger charge is -2.24. The molecule has 28 heavy (non-hydrogen) atoms. The van der Waals surface area contributed by atoms with Crippen molar-refractivity contribution in [3.8, 4) is 0 Å². The van der Waals surface area contributed by atoms with Crippen LogP contribution in [0, 0.1) is 0 Å². The zero-order chi connectivity index (χ0) is 19.5. The van der Waals surface area contributed by atoms with Crippen molar-refractivity contribution in [2.45, 2.75) is 18.7 Å². The third kappa shape index (κ3) is 3.84. The summed E-state index contributed by atoms with van der Waals surface area (Å²) in [5, 5.41) is 4.74. The highest BCUT2D eigenvalue weighted by Crippen LogP contribution is 2.42. The van der Waals surface area contributed by atoms with Gasteiger partial charge in [0.2, 0.25) is 5.91 Å². The topological polar surface area (TPSA) is 49.4 Å². The first-order chi connectivity index (χ1) is 13.7. The molecule has 6 heteroatoms. The molecule has 0 radical (unpaired) electrons. The van der Waals surface area contributed by atoms with Crippen LogP contribution in [-0.2, 0) is 11.2 Å². The summed E-state index contributed by atoms with van der Waals surface area (Å²) in [7, 11) is 0. The van der Waals surface area contributed by atoms with E-state index >= 15 is 0 Å². The second kappa shape index (κ2) is 8.20. The van der Waals surface area contributed by atoms with E-state index in [1.165, 1.54) is 16.9 Å². The zero-order valence-corrected chi connectivity index (χ0v) is 17.1. The van der Waals surface area contributed by atoms with Gasteiger partial charge in [0, 0.05) is 11.4 Å². The number of benzene rings is 2. The van der Waals surface area contributed by atoms with Gasteiger partial charge in [-0.2, -0.15) is 0 Å². The lowest BCUT2D eigenvalue weighted by atomic mass is 10.1. The van der Waals surface area contributed by atoms with Gasteiger partial charge in [-0.3, -0.25) is 14.5 Å². The Labute approximate surface area is 172 Å². The van der Waals surface area contributed by atoms with Crippen LogP contribution >= 0.6 is 23.1 Å². The quantitative estimate of drug-likeness (QED) is 0.620. The standard InChI is InChI=1S/C22H20N2O2S2/c1-2-15-5-11-18(12-6-15)24-20(25)14-28-22(24)16-7-9-17(10-8-16)23-21(26)19-4-3-13-27-19/h3-13,22H,2,14H2,1H3,(H,23,26)/t22-/m1/s1. The van der Waals surface area contributed by atoms with Crippen LogP contribution < -0.4 is 10.2 Å². The monoisotopic (exact) mass is 408 g/mol. The van der Waals surface area contributed by atoms with Gasteiger partial charge in [-0.05, 0) is 53.3 Å². The van der Waals surface area contributed by atoms with Crippen LogP contribution in [0.5, 0.6) is 0 Å². The first kappa shape index (κ1) is 18.8. The maximum Gasteiger partial charge on any atom is 0.265 e. The summed E-state index contributed by atoms with van der Waals surface area (Å²) in [4.78, 5) is 27.2. The highest BCUT2D eigenvalue weighted by molar-refractivity contribution is 8.00. The first-order valence-corrected chi connectivity index (χ1v) is 11.1. The summed E-state index contributed by atoms with van der Waals surface area (Å²) in [6, 6.07) is 19.6. The van der Waals surface area contributed by atoms with Crippen molar-refractivity contribution in [2.75, 3.05) is 16.0 Å². The van der Waals surface area contributed by atoms with Gasteiger partial charge in [-0.25, -0.2) is 0 Å². The number of rotatable bonds is 5. The maximum atomic E-state index is 12.5. The van der Waals surface area contributed by atoms with Crippen LogP contribution in [0.3, 0.4) is 0 Å². The lowest BCUT2D eigenvalue weighted by molar-refractivity contribution is -0.115. The molecular weight excluding hydrogens is 388 g/mol. The SMILES string of the molecule is CCc1ccc(N2C(=O)CS[C@@H]2c2ccc(NC(=O)c3cccs3)cc2)cc1. The summed E-state index contributed by atoms with van der Waals surface area (Å²) in [6.45, 7) is 2.12. The predicted molar refractivity (Wildman–Crippen MR) is 117 cm³/mol. The van der Waals surface area contributed by atoms with Gasteiger partial charge in [-0.1, -0.05) is 37.3 Å². The number of aryl methyl sites for hydroxylation is 1. The molecule has 0 saturated carbocycles. The van der Waals surface area contributed by atoms with Crippen molar-refractivity contribution in [1.82, 2.24) is 0 Å². The van der Waals surface area contributed by atoms with Crippen LogP contribution in [0.4, 0.5) is 11.4 Å². The minimum absolute atomic E-state index is 0.0537. The van der Waals surface area contributed by atoms with E-state index in [4.69, 9.17) is 0 Å². The number of hydrogen-bond acceptors (Lipinski definition) is 4. The summed E-state index contributed by atoms with van der Waals surface area (Å²) in [5.41, 5.74) is 3.97. The van der Waals surface area contributed by atoms with E-state index in [0.717, 1.165) is 23.4 Å². The van der Waals surface area contributed by atoms with E-state index in [-0.39, 0.29) is 17.2 Å². The Bertz CT molecular complexity index is 967. The van der Waals surface area contributed by atoms with Crippen molar-refractivity contribution in [3.05, 3.63) is 82.0 Å². The van der Waals surface area contributed by atoms with Crippen LogP contribution in [0.15, 0.2) is 66.0 Å². The molecule has 1 atom stereocenters. The molecular formula is C22H20N2O2S2. The fraction of sp³-hybridized carbons (Fsp3) is 0.182. The van der Waals surface area contributed by atoms with Crippen molar-refractivity contribution in [3.63, 3.8) is 0 Å². The van der Waals surface area contributed by atoms with E-state index in [1.807, 2.05) is 52.7 Å². The van der Waals surface area contributed by atoms with Gasteiger partial charge in [-0.15, -0.1) is 23.1 Å². The molecule has 1 N–H and O–H groups in total. The molecule has 1 fully saturated rings. The first-order valence-electron chi connectivity index (χ1n) is 9.13. The van der Waals surface area contributed by atoms with Gasteiger partial charge in [0.05, 0.1) is 10.6 Å². The van der Waals surface area contributed by atoms with E-state index in [1.54, 1.807) is 17.8 Å². The van der Waals surface area contributed by atoms with Crippen molar-refractivity contribution < 1.29 is 9.59 Å². The van der Waals surface area contributed by atoms with E-state index in [9.17, 15) is 9.59 Å². The van der Waals surface area contributed by atoms with Crippen LogP contribution in [0.1, 0.15) is 33.1 Å². The molecule has 1 saturated heterocycles. The largest absolute Gasteiger partial charge is 0.321 e. The molecule has 4 rings (SSSR count). The predicted octanol–water partition coefficient (Wildman–Crippen LogP) is 5.34. The third-order valence-corrected chi connectivity index (χ3v) is 6.77. The Morgan fingerprint density at radius 1 is 1.11 bits per heavy atom. The molecule has 4 nitrogen and oxygen atoms in total. The summed E-state index contributed by atoms with van der Waals surface area (Å²) in [5.74, 6) is 0.483. The molecule has 3 aromatic rings. The molecule has 1 aliphatic heterocycles. The number of nitrogens with zero attached hydrogens (tertiary/aromatic N) is 1. The zero-order valence-electron chi connectivity index (χ0n) is 15.4. The average molecular weight is 409 g/mol. The number of thiophene rings is 1. The van der Waals surface area contributed by atoms with Gasteiger partial charge in [0.15, 0.2) is 0 Å².